The maximum absolute atomic E-state index is 12.2. The first-order valence-electron chi connectivity index (χ1n) is 7.76. The Bertz CT molecular complexity index is 1200. The fourth-order valence-corrected chi connectivity index (χ4v) is 2.44. The van der Waals surface area contributed by atoms with E-state index in [1.54, 1.807) is 6.07 Å². The molecule has 0 spiro atoms. The molecule has 0 aliphatic carbocycles. The number of non-ortho nitro benzene ring substituents is 1. The molecule has 11 heteroatoms. The lowest BCUT2D eigenvalue weighted by atomic mass is 10.1. The maximum atomic E-state index is 12.2. The van der Waals surface area contributed by atoms with Crippen molar-refractivity contribution in [3.8, 4) is 5.75 Å². The van der Waals surface area contributed by atoms with Crippen LogP contribution in [0.4, 0.5) is 17.1 Å². The zero-order valence-corrected chi connectivity index (χ0v) is 14.3. The van der Waals surface area contributed by atoms with Gasteiger partial charge < -0.3 is 9.52 Å². The van der Waals surface area contributed by atoms with Crippen LogP contribution in [0.25, 0.3) is 11.0 Å². The Morgan fingerprint density at radius 3 is 2.54 bits per heavy atom. The highest BCUT2D eigenvalue weighted by Crippen LogP contribution is 2.29. The van der Waals surface area contributed by atoms with Crippen LogP contribution in [-0.2, 0) is 0 Å². The average Bonchev–Trinajstić information content (AvgIpc) is 2.65. The van der Waals surface area contributed by atoms with Crippen molar-refractivity contribution >= 4 is 33.7 Å². The number of nitro benzene ring substituents is 2. The molecule has 0 aliphatic heterocycles. The highest BCUT2D eigenvalue weighted by atomic mass is 16.6. The molecule has 0 bridgehead atoms. The lowest BCUT2D eigenvalue weighted by molar-refractivity contribution is -0.393. The first-order chi connectivity index (χ1) is 13.3. The van der Waals surface area contributed by atoms with E-state index in [1.165, 1.54) is 25.1 Å². The van der Waals surface area contributed by atoms with Crippen LogP contribution in [-0.4, -0.2) is 20.7 Å². The molecule has 0 saturated carbocycles. The minimum atomic E-state index is -0.781. The maximum Gasteiger partial charge on any atom is 0.345 e. The van der Waals surface area contributed by atoms with Crippen molar-refractivity contribution < 1.29 is 19.4 Å². The summed E-state index contributed by atoms with van der Waals surface area (Å²) >= 11 is 0. The second kappa shape index (κ2) is 7.15. The molecular weight excluding hydrogens is 372 g/mol. The number of hydrazone groups is 1. The van der Waals surface area contributed by atoms with Gasteiger partial charge >= 0.3 is 11.3 Å². The average molecular weight is 384 g/mol. The van der Waals surface area contributed by atoms with Crippen LogP contribution < -0.4 is 11.1 Å². The summed E-state index contributed by atoms with van der Waals surface area (Å²) in [6.45, 7) is 1.49. The molecule has 2 aromatic carbocycles. The molecule has 0 unspecified atom stereocenters. The van der Waals surface area contributed by atoms with Gasteiger partial charge in [-0.3, -0.25) is 25.7 Å². The number of nitro groups is 2. The lowest BCUT2D eigenvalue weighted by Gasteiger charge is -2.05. The van der Waals surface area contributed by atoms with E-state index >= 15 is 0 Å². The third-order valence-electron chi connectivity index (χ3n) is 3.84. The molecular formula is C17H12N4O7. The third-order valence-corrected chi connectivity index (χ3v) is 3.84. The van der Waals surface area contributed by atoms with Crippen molar-refractivity contribution in [3.05, 3.63) is 78.7 Å². The van der Waals surface area contributed by atoms with Gasteiger partial charge in [-0.05, 0) is 31.2 Å². The Hall–Kier alpha value is -4.28. The van der Waals surface area contributed by atoms with E-state index in [0.29, 0.717) is 5.39 Å². The van der Waals surface area contributed by atoms with Gasteiger partial charge in [0.05, 0.1) is 27.2 Å². The van der Waals surface area contributed by atoms with Gasteiger partial charge in [-0.25, -0.2) is 4.79 Å². The topological polar surface area (TPSA) is 161 Å². The number of nitrogens with one attached hydrogen (secondary N) is 1. The molecule has 3 rings (SSSR count). The monoisotopic (exact) mass is 384 g/mol. The van der Waals surface area contributed by atoms with Gasteiger partial charge in [-0.1, -0.05) is 0 Å². The fraction of sp³-hybridized carbons (Fsp3) is 0.0588. The molecule has 142 valence electrons. The SMILES string of the molecule is CC(=NNc1ccc([N+](=O)[O-])cc1[N+](=O)[O-])c1cc2ccc(O)cc2oc1=O. The van der Waals surface area contributed by atoms with Crippen LogP contribution in [0, 0.1) is 20.2 Å². The van der Waals surface area contributed by atoms with Crippen LogP contribution in [0.3, 0.4) is 0 Å². The van der Waals surface area contributed by atoms with Gasteiger partial charge in [0, 0.05) is 17.5 Å². The van der Waals surface area contributed by atoms with Crippen LogP contribution >= 0.6 is 0 Å². The predicted octanol–water partition coefficient (Wildman–Crippen LogP) is 3.15. The number of phenolic OH excluding ortho intramolecular Hbond substituents is 1. The summed E-state index contributed by atoms with van der Waals surface area (Å²) in [5.41, 5.74) is 1.17. The number of nitrogens with zero attached hydrogens (tertiary/aromatic N) is 3. The standard InChI is InChI=1S/C17H12N4O7/c1-9(13-6-10-2-4-12(22)8-16(10)28-17(13)23)18-19-14-5-3-11(20(24)25)7-15(14)21(26)27/h2-8,19,22H,1H3. The number of hydrogen-bond acceptors (Lipinski definition) is 9. The second-order valence-electron chi connectivity index (χ2n) is 5.69. The molecule has 11 nitrogen and oxygen atoms in total. The zero-order chi connectivity index (χ0) is 20.4. The molecule has 3 aromatic rings. The van der Waals surface area contributed by atoms with Crippen LogP contribution in [0.2, 0.25) is 0 Å². The molecule has 0 atom stereocenters. The number of rotatable bonds is 5. The van der Waals surface area contributed by atoms with Gasteiger partial charge in [0.2, 0.25) is 0 Å². The molecule has 0 amide bonds. The number of benzene rings is 2. The smallest absolute Gasteiger partial charge is 0.345 e. The number of aromatic hydroxyl groups is 1. The molecule has 1 heterocycles. The number of anilines is 1. The third kappa shape index (κ3) is 3.62. The second-order valence-corrected chi connectivity index (χ2v) is 5.69. The Morgan fingerprint density at radius 2 is 1.86 bits per heavy atom. The Kier molecular flexibility index (Phi) is 4.73. The summed E-state index contributed by atoms with van der Waals surface area (Å²) in [5.74, 6) is -0.0547. The summed E-state index contributed by atoms with van der Waals surface area (Å²) in [4.78, 5) is 32.6. The molecule has 28 heavy (non-hydrogen) atoms. The van der Waals surface area contributed by atoms with E-state index in [4.69, 9.17) is 4.42 Å². The van der Waals surface area contributed by atoms with E-state index in [1.807, 2.05) is 0 Å². The fourth-order valence-electron chi connectivity index (χ4n) is 2.44. The van der Waals surface area contributed by atoms with Gasteiger partial charge in [-0.15, -0.1) is 0 Å². The first-order valence-corrected chi connectivity index (χ1v) is 7.76. The number of phenols is 1. The minimum absolute atomic E-state index is 0.0547. The largest absolute Gasteiger partial charge is 0.508 e. The van der Waals surface area contributed by atoms with Crippen molar-refractivity contribution in [1.29, 1.82) is 0 Å². The van der Waals surface area contributed by atoms with Gasteiger partial charge in [0.1, 0.15) is 17.0 Å². The van der Waals surface area contributed by atoms with Crippen LogP contribution in [0.1, 0.15) is 12.5 Å². The summed E-state index contributed by atoms with van der Waals surface area (Å²) in [6.07, 6.45) is 0. The minimum Gasteiger partial charge on any atom is -0.508 e. The Labute approximate surface area is 155 Å². The Balaban J connectivity index is 1.97. The van der Waals surface area contributed by atoms with Crippen molar-refractivity contribution in [1.82, 2.24) is 0 Å². The molecule has 0 saturated heterocycles. The predicted molar refractivity (Wildman–Crippen MR) is 99.7 cm³/mol. The van der Waals surface area contributed by atoms with Crippen molar-refractivity contribution in [2.24, 2.45) is 5.10 Å². The summed E-state index contributed by atoms with van der Waals surface area (Å²) in [7, 11) is 0. The van der Waals surface area contributed by atoms with Crippen molar-refractivity contribution in [2.45, 2.75) is 6.92 Å². The normalized spacial score (nSPS) is 11.4. The first kappa shape index (κ1) is 18.5. The van der Waals surface area contributed by atoms with Gasteiger partial charge in [-0.2, -0.15) is 5.10 Å². The van der Waals surface area contributed by atoms with Crippen molar-refractivity contribution in [2.75, 3.05) is 5.43 Å². The molecule has 1 aromatic heterocycles. The molecule has 0 radical (unpaired) electrons. The highest BCUT2D eigenvalue weighted by Gasteiger charge is 2.19. The molecule has 0 fully saturated rings. The summed E-state index contributed by atoms with van der Waals surface area (Å²) < 4.78 is 5.14. The van der Waals surface area contributed by atoms with E-state index in [-0.39, 0.29) is 28.3 Å². The van der Waals surface area contributed by atoms with E-state index < -0.39 is 26.8 Å². The summed E-state index contributed by atoms with van der Waals surface area (Å²) in [5, 5.41) is 35.9. The molecule has 0 aliphatic rings. The van der Waals surface area contributed by atoms with E-state index in [0.717, 1.165) is 18.2 Å². The van der Waals surface area contributed by atoms with E-state index in [2.05, 4.69) is 10.5 Å². The zero-order valence-electron chi connectivity index (χ0n) is 14.3. The van der Waals surface area contributed by atoms with Gasteiger partial charge in [0.15, 0.2) is 0 Å². The van der Waals surface area contributed by atoms with Crippen LogP contribution in [0.5, 0.6) is 5.75 Å². The summed E-state index contributed by atoms with van der Waals surface area (Å²) in [6, 6.07) is 8.84. The number of hydrogen-bond donors (Lipinski definition) is 2. The Morgan fingerprint density at radius 1 is 1.11 bits per heavy atom. The van der Waals surface area contributed by atoms with Crippen LogP contribution in [0.15, 0.2) is 56.8 Å². The van der Waals surface area contributed by atoms with Gasteiger partial charge in [0.25, 0.3) is 5.69 Å². The quantitative estimate of drug-likeness (QED) is 0.293. The van der Waals surface area contributed by atoms with E-state index in [9.17, 15) is 30.1 Å². The highest BCUT2D eigenvalue weighted by molar-refractivity contribution is 6.01. The van der Waals surface area contributed by atoms with Crippen molar-refractivity contribution in [3.63, 3.8) is 0 Å². The lowest BCUT2D eigenvalue weighted by Crippen LogP contribution is -2.13. The molecule has 2 N–H and O–H groups in total. The number of fused-ring (bicyclic) bond motifs is 1.